The van der Waals surface area contributed by atoms with E-state index in [-0.39, 0.29) is 0 Å². The molecule has 0 aromatic carbocycles. The van der Waals surface area contributed by atoms with Crippen LogP contribution in [0.5, 0.6) is 0 Å². The van der Waals surface area contributed by atoms with Gasteiger partial charge in [0.2, 0.25) is 0 Å². The van der Waals surface area contributed by atoms with Crippen LogP contribution >= 0.6 is 0 Å². The van der Waals surface area contributed by atoms with E-state index in [1.165, 1.54) is 21.9 Å². The molecule has 0 aliphatic carbocycles. The first-order valence-electron chi connectivity index (χ1n) is 7.85. The molecule has 0 aliphatic heterocycles. The SMILES string of the molecule is Cc1nnn(-c2ccc(C#N)cn2)n1.Cc1nnnn1-c1ccc(C#N)cn1. The van der Waals surface area contributed by atoms with E-state index in [4.69, 9.17) is 10.5 Å². The van der Waals surface area contributed by atoms with Crippen molar-refractivity contribution in [1.29, 1.82) is 10.5 Å². The second-order valence-corrected chi connectivity index (χ2v) is 5.30. The van der Waals surface area contributed by atoms with E-state index in [9.17, 15) is 0 Å². The van der Waals surface area contributed by atoms with E-state index in [0.717, 1.165) is 0 Å². The van der Waals surface area contributed by atoms with E-state index in [1.54, 1.807) is 38.1 Å². The summed E-state index contributed by atoms with van der Waals surface area (Å²) >= 11 is 0. The Hall–Kier alpha value is -4.58. The van der Waals surface area contributed by atoms with Gasteiger partial charge >= 0.3 is 0 Å². The molecule has 0 radical (unpaired) electrons. The van der Waals surface area contributed by atoms with Gasteiger partial charge in [-0.05, 0) is 53.8 Å². The molecule has 0 saturated heterocycles. The molecule has 4 rings (SSSR count). The quantitative estimate of drug-likeness (QED) is 0.483. The third-order valence-electron chi connectivity index (χ3n) is 3.31. The van der Waals surface area contributed by atoms with Gasteiger partial charge in [0.05, 0.1) is 11.1 Å². The average molecular weight is 372 g/mol. The Morgan fingerprint density at radius 3 is 1.89 bits per heavy atom. The summed E-state index contributed by atoms with van der Waals surface area (Å²) in [5.74, 6) is 2.38. The molecule has 0 aliphatic rings. The molecule has 0 fully saturated rings. The summed E-state index contributed by atoms with van der Waals surface area (Å²) in [6.45, 7) is 3.52. The lowest BCUT2D eigenvalue weighted by molar-refractivity contribution is 0.699. The summed E-state index contributed by atoms with van der Waals surface area (Å²) in [4.78, 5) is 9.38. The van der Waals surface area contributed by atoms with Crippen LogP contribution in [0.25, 0.3) is 11.6 Å². The number of aromatic nitrogens is 10. The summed E-state index contributed by atoms with van der Waals surface area (Å²) < 4.78 is 1.50. The Morgan fingerprint density at radius 2 is 1.46 bits per heavy atom. The van der Waals surface area contributed by atoms with E-state index in [0.29, 0.717) is 34.4 Å². The van der Waals surface area contributed by atoms with E-state index in [1.807, 2.05) is 12.1 Å². The molecule has 4 aromatic rings. The predicted octanol–water partition coefficient (Wildman–Crippen LogP) is 0.475. The second-order valence-electron chi connectivity index (χ2n) is 5.30. The number of hydrogen-bond donors (Lipinski definition) is 0. The van der Waals surface area contributed by atoms with Crippen molar-refractivity contribution in [3.8, 4) is 23.8 Å². The van der Waals surface area contributed by atoms with Crippen LogP contribution in [0.1, 0.15) is 22.8 Å². The van der Waals surface area contributed by atoms with Crippen LogP contribution in [0.15, 0.2) is 36.7 Å². The van der Waals surface area contributed by atoms with Gasteiger partial charge in [-0.1, -0.05) is 0 Å². The fraction of sp³-hybridized carbons (Fsp3) is 0.125. The zero-order valence-corrected chi connectivity index (χ0v) is 14.8. The number of aryl methyl sites for hydroxylation is 2. The summed E-state index contributed by atoms with van der Waals surface area (Å²) in [7, 11) is 0. The van der Waals surface area contributed by atoms with Crippen molar-refractivity contribution >= 4 is 0 Å². The zero-order valence-electron chi connectivity index (χ0n) is 14.8. The highest BCUT2D eigenvalue weighted by molar-refractivity contribution is 5.32. The lowest BCUT2D eigenvalue weighted by Gasteiger charge is -1.98. The van der Waals surface area contributed by atoms with Crippen LogP contribution in [-0.2, 0) is 0 Å². The topological polar surface area (TPSA) is 161 Å². The van der Waals surface area contributed by atoms with Crippen molar-refractivity contribution in [3.63, 3.8) is 0 Å². The number of pyridine rings is 2. The highest BCUT2D eigenvalue weighted by Gasteiger charge is 2.04. The molecule has 0 spiro atoms. The summed E-state index contributed by atoms with van der Waals surface area (Å²) in [6, 6.07) is 10.7. The zero-order chi connectivity index (χ0) is 19.9. The first-order valence-corrected chi connectivity index (χ1v) is 7.85. The van der Waals surface area contributed by atoms with Gasteiger partial charge in [0, 0.05) is 12.4 Å². The molecule has 136 valence electrons. The first kappa shape index (κ1) is 18.2. The molecule has 0 N–H and O–H groups in total. The molecule has 0 saturated carbocycles. The lowest BCUT2D eigenvalue weighted by Crippen LogP contribution is -2.01. The average Bonchev–Trinajstić information content (AvgIpc) is 3.37. The van der Waals surface area contributed by atoms with E-state index < -0.39 is 0 Å². The van der Waals surface area contributed by atoms with Crippen LogP contribution in [-0.4, -0.2) is 50.4 Å². The minimum atomic E-state index is 0.505. The highest BCUT2D eigenvalue weighted by Crippen LogP contribution is 2.04. The molecule has 4 heterocycles. The molecule has 28 heavy (non-hydrogen) atoms. The molecule has 12 nitrogen and oxygen atoms in total. The fourth-order valence-electron chi connectivity index (χ4n) is 1.97. The van der Waals surface area contributed by atoms with Crippen LogP contribution in [0.4, 0.5) is 0 Å². The maximum Gasteiger partial charge on any atom is 0.176 e. The number of hydrogen-bond acceptors (Lipinski definition) is 10. The van der Waals surface area contributed by atoms with Gasteiger partial charge in [0.1, 0.15) is 12.1 Å². The minimum Gasteiger partial charge on any atom is -0.236 e. The van der Waals surface area contributed by atoms with Gasteiger partial charge in [-0.3, -0.25) is 0 Å². The van der Waals surface area contributed by atoms with E-state index in [2.05, 4.69) is 40.9 Å². The Labute approximate surface area is 158 Å². The standard InChI is InChI=1S/2C8H6N6/c1-6-11-12-13-14(6)8-3-2-7(4-9)5-10-8;1-6-11-13-14(12-6)8-3-2-7(4-9)5-10-8/h2*2-3,5H,1H3. The third kappa shape index (κ3) is 4.14. The lowest BCUT2D eigenvalue weighted by atomic mass is 10.3. The summed E-state index contributed by atoms with van der Waals surface area (Å²) in [5.41, 5.74) is 1.02. The van der Waals surface area contributed by atoms with Crippen LogP contribution in [0.2, 0.25) is 0 Å². The maximum absolute atomic E-state index is 8.58. The molecule has 0 amide bonds. The molecule has 0 unspecified atom stereocenters. The van der Waals surface area contributed by atoms with Gasteiger partial charge in [0.15, 0.2) is 23.3 Å². The predicted molar refractivity (Wildman–Crippen MR) is 92.8 cm³/mol. The molecular weight excluding hydrogens is 360 g/mol. The molecule has 12 heteroatoms. The van der Waals surface area contributed by atoms with Crippen molar-refractivity contribution in [3.05, 3.63) is 59.4 Å². The van der Waals surface area contributed by atoms with Crippen molar-refractivity contribution < 1.29 is 0 Å². The van der Waals surface area contributed by atoms with Gasteiger partial charge in [-0.25, -0.2) is 9.97 Å². The van der Waals surface area contributed by atoms with Gasteiger partial charge in [-0.15, -0.1) is 20.1 Å². The van der Waals surface area contributed by atoms with Gasteiger partial charge in [0.25, 0.3) is 0 Å². The van der Waals surface area contributed by atoms with Gasteiger partial charge in [-0.2, -0.15) is 15.2 Å². The Kier molecular flexibility index (Phi) is 5.33. The smallest absolute Gasteiger partial charge is 0.176 e. The van der Waals surface area contributed by atoms with E-state index >= 15 is 0 Å². The first-order chi connectivity index (χ1) is 13.6. The van der Waals surface area contributed by atoms with Crippen molar-refractivity contribution in [2.45, 2.75) is 13.8 Å². The second kappa shape index (κ2) is 8.20. The van der Waals surface area contributed by atoms with Crippen molar-refractivity contribution in [2.24, 2.45) is 0 Å². The highest BCUT2D eigenvalue weighted by atomic mass is 15.6. The number of nitriles is 2. The van der Waals surface area contributed by atoms with Crippen LogP contribution in [0.3, 0.4) is 0 Å². The molecule has 0 atom stereocenters. The molecule has 4 aromatic heterocycles. The normalized spacial score (nSPS) is 9.71. The Morgan fingerprint density at radius 1 is 0.821 bits per heavy atom. The summed E-state index contributed by atoms with van der Waals surface area (Å²) in [5, 5.41) is 39.6. The number of rotatable bonds is 2. The number of tetrazole rings is 2. The maximum atomic E-state index is 8.58. The number of nitrogens with zero attached hydrogens (tertiary/aromatic N) is 12. The third-order valence-corrected chi connectivity index (χ3v) is 3.31. The fourth-order valence-corrected chi connectivity index (χ4v) is 1.97. The van der Waals surface area contributed by atoms with Crippen molar-refractivity contribution in [2.75, 3.05) is 0 Å². The molecule has 0 bridgehead atoms. The largest absolute Gasteiger partial charge is 0.236 e. The summed E-state index contributed by atoms with van der Waals surface area (Å²) in [6.07, 6.45) is 2.95. The Bertz CT molecular complexity index is 1140. The minimum absolute atomic E-state index is 0.505. The van der Waals surface area contributed by atoms with Crippen molar-refractivity contribution in [1.82, 2.24) is 50.4 Å². The Balaban J connectivity index is 0.000000161. The van der Waals surface area contributed by atoms with Crippen LogP contribution < -0.4 is 0 Å². The van der Waals surface area contributed by atoms with Gasteiger partial charge < -0.3 is 0 Å². The monoisotopic (exact) mass is 372 g/mol. The molecular formula is C16H12N12. The van der Waals surface area contributed by atoms with Crippen LogP contribution in [0, 0.1) is 36.5 Å².